The third-order valence-electron chi connectivity index (χ3n) is 6.24. The van der Waals surface area contributed by atoms with E-state index in [1.54, 1.807) is 11.0 Å². The Morgan fingerprint density at radius 1 is 0.821 bits per heavy atom. The van der Waals surface area contributed by atoms with Crippen molar-refractivity contribution in [2.24, 2.45) is 0 Å². The van der Waals surface area contributed by atoms with Crippen molar-refractivity contribution in [2.45, 2.75) is 45.8 Å². The van der Waals surface area contributed by atoms with Crippen molar-refractivity contribution in [3.63, 3.8) is 0 Å². The van der Waals surface area contributed by atoms with Crippen molar-refractivity contribution in [1.29, 1.82) is 0 Å². The molecule has 1 heterocycles. The van der Waals surface area contributed by atoms with E-state index in [-0.39, 0.29) is 5.75 Å². The lowest BCUT2D eigenvalue weighted by Crippen LogP contribution is -2.50. The highest BCUT2D eigenvalue weighted by atomic mass is 19.4. The second-order valence-electron chi connectivity index (χ2n) is 10.5. The third-order valence-corrected chi connectivity index (χ3v) is 6.24. The molecule has 4 rings (SSSR count). The van der Waals surface area contributed by atoms with Gasteiger partial charge in [0, 0.05) is 51.0 Å². The van der Waals surface area contributed by atoms with E-state index in [1.807, 2.05) is 97.3 Å². The van der Waals surface area contributed by atoms with Gasteiger partial charge in [0.15, 0.2) is 5.75 Å². The van der Waals surface area contributed by atoms with Crippen LogP contribution in [-0.4, -0.2) is 49.1 Å². The molecule has 0 bridgehead atoms. The predicted octanol–water partition coefficient (Wildman–Crippen LogP) is 6.85. The third kappa shape index (κ3) is 8.30. The van der Waals surface area contributed by atoms with Crippen molar-refractivity contribution in [1.82, 2.24) is 4.90 Å². The first-order valence-corrected chi connectivity index (χ1v) is 12.9. The summed E-state index contributed by atoms with van der Waals surface area (Å²) in [6.07, 6.45) is -5.25. The number of hydrogen-bond acceptors (Lipinski definition) is 5. The van der Waals surface area contributed by atoms with Crippen LogP contribution in [0.15, 0.2) is 78.9 Å². The van der Waals surface area contributed by atoms with E-state index in [1.165, 1.54) is 6.07 Å². The Labute approximate surface area is 227 Å². The number of anilines is 2. The van der Waals surface area contributed by atoms with E-state index >= 15 is 0 Å². The standard InChI is InChI=1S/C30H34F3N3O3/c1-29(2,3)39-28(37)35-18-16-34(17-19-35)25-14-15-26(27(20-25)38-30(31,32)33)36(21-23-10-6-4-7-11-23)22-24-12-8-5-9-13-24/h4-15,20H,16-19,21-22H2,1-3H3. The first kappa shape index (κ1) is 28.1. The van der Waals surface area contributed by atoms with E-state index < -0.39 is 18.1 Å². The molecular weight excluding hydrogens is 507 g/mol. The maximum Gasteiger partial charge on any atom is 0.573 e. The van der Waals surface area contributed by atoms with Crippen LogP contribution in [-0.2, 0) is 17.8 Å². The fraction of sp³-hybridized carbons (Fsp3) is 0.367. The Kier molecular flexibility index (Phi) is 8.57. The highest BCUT2D eigenvalue weighted by Gasteiger charge is 2.34. The molecule has 39 heavy (non-hydrogen) atoms. The maximum atomic E-state index is 13.6. The van der Waals surface area contributed by atoms with E-state index in [4.69, 9.17) is 4.74 Å². The van der Waals surface area contributed by atoms with Crippen molar-refractivity contribution >= 4 is 17.5 Å². The number of rotatable bonds is 7. The van der Waals surface area contributed by atoms with Gasteiger partial charge in [-0.25, -0.2) is 4.79 Å². The number of alkyl halides is 3. The van der Waals surface area contributed by atoms with E-state index in [0.29, 0.717) is 50.6 Å². The molecule has 0 radical (unpaired) electrons. The van der Waals surface area contributed by atoms with Gasteiger partial charge in [-0.3, -0.25) is 0 Å². The van der Waals surface area contributed by atoms with E-state index in [2.05, 4.69) is 4.74 Å². The van der Waals surface area contributed by atoms with Crippen LogP contribution in [0.5, 0.6) is 5.75 Å². The Balaban J connectivity index is 1.60. The molecule has 1 aliphatic heterocycles. The molecule has 3 aromatic carbocycles. The minimum Gasteiger partial charge on any atom is -0.444 e. The summed E-state index contributed by atoms with van der Waals surface area (Å²) >= 11 is 0. The molecule has 6 nitrogen and oxygen atoms in total. The Morgan fingerprint density at radius 2 is 1.36 bits per heavy atom. The van der Waals surface area contributed by atoms with Crippen LogP contribution in [0.1, 0.15) is 31.9 Å². The molecule has 1 fully saturated rings. The molecule has 1 saturated heterocycles. The fourth-order valence-corrected chi connectivity index (χ4v) is 4.47. The second-order valence-corrected chi connectivity index (χ2v) is 10.5. The van der Waals surface area contributed by atoms with E-state index in [0.717, 1.165) is 11.1 Å². The molecule has 0 aromatic heterocycles. The van der Waals surface area contributed by atoms with Crippen LogP contribution in [0.3, 0.4) is 0 Å². The number of ether oxygens (including phenoxy) is 2. The number of nitrogens with zero attached hydrogens (tertiary/aromatic N) is 3. The largest absolute Gasteiger partial charge is 0.573 e. The van der Waals surface area contributed by atoms with Gasteiger partial charge in [0.2, 0.25) is 0 Å². The second kappa shape index (κ2) is 11.9. The van der Waals surface area contributed by atoms with Crippen molar-refractivity contribution < 1.29 is 27.4 Å². The number of halogens is 3. The van der Waals surface area contributed by atoms with Crippen LogP contribution < -0.4 is 14.5 Å². The molecular formula is C30H34F3N3O3. The molecule has 208 valence electrons. The highest BCUT2D eigenvalue weighted by molar-refractivity contribution is 5.69. The smallest absolute Gasteiger partial charge is 0.444 e. The summed E-state index contributed by atoms with van der Waals surface area (Å²) in [6.45, 7) is 7.96. The Morgan fingerprint density at radius 3 is 1.85 bits per heavy atom. The van der Waals surface area contributed by atoms with Crippen LogP contribution in [0, 0.1) is 0 Å². The summed E-state index contributed by atoms with van der Waals surface area (Å²) in [7, 11) is 0. The minimum absolute atomic E-state index is 0.263. The quantitative estimate of drug-likeness (QED) is 0.327. The molecule has 3 aromatic rings. The van der Waals surface area contributed by atoms with Gasteiger partial charge >= 0.3 is 12.5 Å². The van der Waals surface area contributed by atoms with Crippen LogP contribution in [0.2, 0.25) is 0 Å². The molecule has 0 saturated carbocycles. The van der Waals surface area contributed by atoms with Gasteiger partial charge in [-0.15, -0.1) is 13.2 Å². The van der Waals surface area contributed by atoms with Crippen molar-refractivity contribution in [3.8, 4) is 5.75 Å². The lowest BCUT2D eigenvalue weighted by molar-refractivity contribution is -0.274. The molecule has 0 N–H and O–H groups in total. The van der Waals surface area contributed by atoms with Gasteiger partial charge in [0.1, 0.15) is 5.60 Å². The van der Waals surface area contributed by atoms with Gasteiger partial charge in [-0.05, 0) is 44.0 Å². The molecule has 0 atom stereocenters. The molecule has 0 aliphatic carbocycles. The summed E-state index contributed by atoms with van der Waals surface area (Å²) in [5.74, 6) is -0.263. The van der Waals surface area contributed by atoms with Crippen LogP contribution in [0.4, 0.5) is 29.3 Å². The normalized spacial score (nSPS) is 14.2. The van der Waals surface area contributed by atoms with Crippen LogP contribution in [0.25, 0.3) is 0 Å². The summed E-state index contributed by atoms with van der Waals surface area (Å²) in [6, 6.07) is 24.1. The summed E-state index contributed by atoms with van der Waals surface area (Å²) in [5.41, 5.74) is 2.28. The van der Waals surface area contributed by atoms with E-state index in [9.17, 15) is 18.0 Å². The molecule has 0 spiro atoms. The number of carbonyl (C=O) groups is 1. The van der Waals surface area contributed by atoms with Gasteiger partial charge in [0.25, 0.3) is 0 Å². The zero-order valence-electron chi connectivity index (χ0n) is 22.4. The summed E-state index contributed by atoms with van der Waals surface area (Å²) < 4.78 is 50.8. The number of amides is 1. The van der Waals surface area contributed by atoms with Gasteiger partial charge < -0.3 is 24.2 Å². The average Bonchev–Trinajstić information content (AvgIpc) is 2.88. The number of carbonyl (C=O) groups excluding carboxylic acids is 1. The highest BCUT2D eigenvalue weighted by Crippen LogP contribution is 2.38. The average molecular weight is 542 g/mol. The Hall–Kier alpha value is -3.88. The summed E-state index contributed by atoms with van der Waals surface area (Å²) in [5, 5.41) is 0. The Bertz CT molecular complexity index is 1180. The number of benzene rings is 3. The first-order chi connectivity index (χ1) is 18.5. The molecule has 0 unspecified atom stereocenters. The van der Waals surface area contributed by atoms with Crippen molar-refractivity contribution in [2.75, 3.05) is 36.0 Å². The molecule has 1 amide bonds. The lowest BCUT2D eigenvalue weighted by atomic mass is 10.1. The fourth-order valence-electron chi connectivity index (χ4n) is 4.47. The number of hydrogen-bond donors (Lipinski definition) is 0. The van der Waals surface area contributed by atoms with Gasteiger partial charge in [-0.1, -0.05) is 60.7 Å². The topological polar surface area (TPSA) is 45.2 Å². The van der Waals surface area contributed by atoms with Gasteiger partial charge in [0.05, 0.1) is 5.69 Å². The molecule has 1 aliphatic rings. The minimum atomic E-state index is -4.85. The SMILES string of the molecule is CC(C)(C)OC(=O)N1CCN(c2ccc(N(Cc3ccccc3)Cc3ccccc3)c(OC(F)(F)F)c2)CC1. The lowest BCUT2D eigenvalue weighted by Gasteiger charge is -2.37. The van der Waals surface area contributed by atoms with Gasteiger partial charge in [-0.2, -0.15) is 0 Å². The maximum absolute atomic E-state index is 13.6. The van der Waals surface area contributed by atoms with Crippen LogP contribution >= 0.6 is 0 Å². The van der Waals surface area contributed by atoms with Crippen molar-refractivity contribution in [3.05, 3.63) is 90.0 Å². The predicted molar refractivity (Wildman–Crippen MR) is 146 cm³/mol. The zero-order chi connectivity index (χ0) is 28.0. The monoisotopic (exact) mass is 541 g/mol. The first-order valence-electron chi connectivity index (χ1n) is 12.9. The number of piperazine rings is 1. The summed E-state index contributed by atoms with van der Waals surface area (Å²) in [4.78, 5) is 17.9. The molecule has 9 heteroatoms. The zero-order valence-corrected chi connectivity index (χ0v) is 22.4.